The Morgan fingerprint density at radius 1 is 1.00 bits per heavy atom. The second-order valence-electron chi connectivity index (χ2n) is 6.12. The second-order valence-corrected chi connectivity index (χ2v) is 6.12. The van der Waals surface area contributed by atoms with Crippen LogP contribution in [0.5, 0.6) is 0 Å². The molecule has 22 heavy (non-hydrogen) atoms. The number of halogens is 2. The predicted octanol–water partition coefficient (Wildman–Crippen LogP) is 5.72. The number of hydrogen-bond acceptors (Lipinski definition) is 0. The minimum absolute atomic E-state index is 0. The van der Waals surface area contributed by atoms with Crippen molar-refractivity contribution in [1.82, 2.24) is 0 Å². The zero-order valence-corrected chi connectivity index (χ0v) is 15.6. The van der Waals surface area contributed by atoms with E-state index in [-0.39, 0.29) is 38.5 Å². The summed E-state index contributed by atoms with van der Waals surface area (Å²) in [5, 5.41) is 0. The van der Waals surface area contributed by atoms with E-state index >= 15 is 0 Å². The first kappa shape index (κ1) is 17.8. The number of hydrogen-bond donors (Lipinski definition) is 0. The van der Waals surface area contributed by atoms with Gasteiger partial charge in [-0.15, -0.1) is 17.7 Å². The molecule has 0 amide bonds. The van der Waals surface area contributed by atoms with Gasteiger partial charge in [-0.1, -0.05) is 31.9 Å². The van der Waals surface area contributed by atoms with Crippen LogP contribution in [0.2, 0.25) is 0 Å². The van der Waals surface area contributed by atoms with Gasteiger partial charge in [-0.2, -0.15) is 12.1 Å². The summed E-state index contributed by atoms with van der Waals surface area (Å²) in [6.45, 7) is 2.28. The molecule has 0 N–H and O–H groups in total. The van der Waals surface area contributed by atoms with Gasteiger partial charge in [-0.3, -0.25) is 0 Å². The summed E-state index contributed by atoms with van der Waals surface area (Å²) in [4.78, 5) is 0. The van der Waals surface area contributed by atoms with Crippen molar-refractivity contribution >= 4 is 0 Å². The van der Waals surface area contributed by atoms with Gasteiger partial charge >= 0.3 is 0 Å². The molecular weight excluding hydrogens is 355 g/mol. The van der Waals surface area contributed by atoms with Gasteiger partial charge in [0, 0.05) is 38.5 Å². The Morgan fingerprint density at radius 3 is 2.36 bits per heavy atom. The summed E-state index contributed by atoms with van der Waals surface area (Å²) in [7, 11) is 0. The molecule has 113 valence electrons. The first-order chi connectivity index (χ1) is 10.1. The average molecular weight is 374 g/mol. The standard InChI is InChI=1S/C19H19F2.Y/c1-13-5-7-14(8-6-13)15-9-10-18(19(21)12-15)16-3-2-4-17(20)11-16;/h2-3,9-14H,5-8H2,1H3;/q-1;. The fraction of sp³-hybridized carbons (Fsp3) is 0.368. The second kappa shape index (κ2) is 7.79. The third kappa shape index (κ3) is 4.03. The molecule has 1 aliphatic carbocycles. The Balaban J connectivity index is 0.00000176. The maximum atomic E-state index is 14.4. The van der Waals surface area contributed by atoms with Crippen molar-refractivity contribution in [2.75, 3.05) is 0 Å². The molecule has 1 aliphatic rings. The van der Waals surface area contributed by atoms with Crippen molar-refractivity contribution in [3.05, 3.63) is 59.7 Å². The summed E-state index contributed by atoms with van der Waals surface area (Å²) in [6, 6.07) is 12.3. The molecule has 0 heterocycles. The minimum Gasteiger partial charge on any atom is -0.236 e. The van der Waals surface area contributed by atoms with Crippen LogP contribution in [0.15, 0.2) is 36.4 Å². The van der Waals surface area contributed by atoms with Gasteiger partial charge in [0.2, 0.25) is 0 Å². The van der Waals surface area contributed by atoms with Gasteiger partial charge in [0.1, 0.15) is 5.82 Å². The monoisotopic (exact) mass is 374 g/mol. The SMILES string of the molecule is CC1CCC(c2ccc(-c3cc[c-]c(F)c3)c(F)c2)CC1.[Y]. The van der Waals surface area contributed by atoms with Crippen LogP contribution < -0.4 is 0 Å². The first-order valence-corrected chi connectivity index (χ1v) is 7.60. The van der Waals surface area contributed by atoms with E-state index in [4.69, 9.17) is 0 Å². The first-order valence-electron chi connectivity index (χ1n) is 7.60. The van der Waals surface area contributed by atoms with E-state index in [1.165, 1.54) is 25.0 Å². The van der Waals surface area contributed by atoms with Gasteiger partial charge in [-0.25, -0.2) is 8.78 Å². The van der Waals surface area contributed by atoms with Crippen molar-refractivity contribution in [3.8, 4) is 11.1 Å². The predicted molar refractivity (Wildman–Crippen MR) is 81.0 cm³/mol. The molecule has 0 spiro atoms. The molecule has 0 saturated heterocycles. The van der Waals surface area contributed by atoms with E-state index < -0.39 is 5.82 Å². The van der Waals surface area contributed by atoms with Gasteiger partial charge in [0.15, 0.2) is 0 Å². The van der Waals surface area contributed by atoms with Crippen molar-refractivity contribution in [3.63, 3.8) is 0 Å². The van der Waals surface area contributed by atoms with E-state index in [0.29, 0.717) is 17.0 Å². The van der Waals surface area contributed by atoms with E-state index in [9.17, 15) is 8.78 Å². The Morgan fingerprint density at radius 2 is 1.73 bits per heavy atom. The third-order valence-corrected chi connectivity index (χ3v) is 4.56. The van der Waals surface area contributed by atoms with Crippen LogP contribution >= 0.6 is 0 Å². The average Bonchev–Trinajstić information content (AvgIpc) is 2.48. The van der Waals surface area contributed by atoms with E-state index in [2.05, 4.69) is 13.0 Å². The van der Waals surface area contributed by atoms with E-state index in [1.807, 2.05) is 6.07 Å². The molecule has 2 aromatic carbocycles. The molecule has 2 aromatic rings. The molecule has 3 heteroatoms. The maximum Gasteiger partial charge on any atom is 0.129 e. The zero-order valence-electron chi connectivity index (χ0n) is 12.8. The molecule has 0 aromatic heterocycles. The number of benzene rings is 2. The van der Waals surface area contributed by atoms with Crippen LogP contribution in [0.1, 0.15) is 44.1 Å². The molecule has 1 radical (unpaired) electrons. The Hall–Kier alpha value is -0.596. The molecule has 0 nitrogen and oxygen atoms in total. The topological polar surface area (TPSA) is 0 Å². The van der Waals surface area contributed by atoms with Gasteiger partial charge in [0.05, 0.1) is 0 Å². The van der Waals surface area contributed by atoms with Crippen LogP contribution in [0.4, 0.5) is 8.78 Å². The van der Waals surface area contributed by atoms with Crippen LogP contribution in [0, 0.1) is 23.6 Å². The van der Waals surface area contributed by atoms with E-state index in [1.54, 1.807) is 18.2 Å². The molecule has 1 saturated carbocycles. The Bertz CT molecular complexity index is 631. The van der Waals surface area contributed by atoms with Gasteiger partial charge in [0.25, 0.3) is 0 Å². The fourth-order valence-corrected chi connectivity index (χ4v) is 3.22. The number of rotatable bonds is 2. The Kier molecular flexibility index (Phi) is 6.29. The summed E-state index contributed by atoms with van der Waals surface area (Å²) in [5.41, 5.74) is 2.09. The summed E-state index contributed by atoms with van der Waals surface area (Å²) >= 11 is 0. The molecule has 0 unspecified atom stereocenters. The van der Waals surface area contributed by atoms with Crippen LogP contribution in [-0.2, 0) is 32.7 Å². The Labute approximate surface area is 156 Å². The molecule has 3 rings (SSSR count). The van der Waals surface area contributed by atoms with Gasteiger partial charge < -0.3 is 0 Å². The zero-order chi connectivity index (χ0) is 14.8. The molecule has 0 aliphatic heterocycles. The van der Waals surface area contributed by atoms with Crippen LogP contribution in [-0.4, -0.2) is 0 Å². The van der Waals surface area contributed by atoms with Crippen molar-refractivity contribution in [2.45, 2.75) is 38.5 Å². The molecular formula is C19H19F2Y-. The minimum atomic E-state index is -0.461. The quantitative estimate of drug-likeness (QED) is 0.590. The van der Waals surface area contributed by atoms with Crippen molar-refractivity contribution < 1.29 is 41.5 Å². The fourth-order valence-electron chi connectivity index (χ4n) is 3.22. The normalized spacial score (nSPS) is 21.2. The molecule has 1 fully saturated rings. The van der Waals surface area contributed by atoms with Crippen LogP contribution in [0.3, 0.4) is 0 Å². The largest absolute Gasteiger partial charge is 0.236 e. The molecule has 0 atom stereocenters. The van der Waals surface area contributed by atoms with Crippen LogP contribution in [0.25, 0.3) is 11.1 Å². The summed E-state index contributed by atoms with van der Waals surface area (Å²) < 4.78 is 27.6. The summed E-state index contributed by atoms with van der Waals surface area (Å²) in [5.74, 6) is 0.522. The van der Waals surface area contributed by atoms with E-state index in [0.717, 1.165) is 24.3 Å². The van der Waals surface area contributed by atoms with Crippen molar-refractivity contribution in [2.24, 2.45) is 5.92 Å². The molecule has 0 bridgehead atoms. The smallest absolute Gasteiger partial charge is 0.129 e. The van der Waals surface area contributed by atoms with Gasteiger partial charge in [-0.05, 0) is 41.9 Å². The van der Waals surface area contributed by atoms with Crippen molar-refractivity contribution in [1.29, 1.82) is 0 Å². The summed E-state index contributed by atoms with van der Waals surface area (Å²) in [6.07, 6.45) is 4.70. The third-order valence-electron chi connectivity index (χ3n) is 4.56. The maximum absolute atomic E-state index is 14.4.